The maximum atomic E-state index is 13.6. The highest BCUT2D eigenvalue weighted by molar-refractivity contribution is 5.49. The Balaban J connectivity index is 2.00. The number of nitrogens with zero attached hydrogens (tertiary/aromatic N) is 1. The number of aliphatic hydroxyl groups is 1. The van der Waals surface area contributed by atoms with Crippen LogP contribution in [-0.4, -0.2) is 30.5 Å². The first kappa shape index (κ1) is 12.8. The van der Waals surface area contributed by atoms with Crippen molar-refractivity contribution in [2.24, 2.45) is 0 Å². The molecule has 1 aliphatic heterocycles. The number of halogens is 1. The summed E-state index contributed by atoms with van der Waals surface area (Å²) in [6.45, 7) is 1.32. The number of benzene rings is 1. The van der Waals surface area contributed by atoms with Crippen molar-refractivity contribution >= 4 is 5.69 Å². The number of hydrogen-bond donors (Lipinski definition) is 2. The lowest BCUT2D eigenvalue weighted by Crippen LogP contribution is -2.42. The fourth-order valence-corrected chi connectivity index (χ4v) is 1.92. The minimum Gasteiger partial charge on any atom is -0.388 e. The van der Waals surface area contributed by atoms with Crippen molar-refractivity contribution in [2.45, 2.75) is 18.4 Å². The summed E-state index contributed by atoms with van der Waals surface area (Å²) in [5.74, 6) is -0.482. The SMILES string of the molecule is N#Cc1ccc(NCC2(O)CCOCC2)c(F)c1. The Morgan fingerprint density at radius 2 is 2.17 bits per heavy atom. The van der Waals surface area contributed by atoms with E-state index >= 15 is 0 Å². The molecule has 1 aromatic carbocycles. The first-order valence-corrected chi connectivity index (χ1v) is 5.87. The number of nitriles is 1. The summed E-state index contributed by atoms with van der Waals surface area (Å²) in [6, 6.07) is 6.10. The Labute approximate surface area is 105 Å². The summed E-state index contributed by atoms with van der Waals surface area (Å²) >= 11 is 0. The van der Waals surface area contributed by atoms with Crippen LogP contribution in [0.1, 0.15) is 18.4 Å². The second-order valence-electron chi connectivity index (χ2n) is 4.50. The van der Waals surface area contributed by atoms with Gasteiger partial charge in [0.2, 0.25) is 0 Å². The molecule has 0 aliphatic carbocycles. The van der Waals surface area contributed by atoms with E-state index in [1.807, 2.05) is 6.07 Å². The molecule has 0 aromatic heterocycles. The van der Waals surface area contributed by atoms with Crippen LogP contribution in [0.3, 0.4) is 0 Å². The Hall–Kier alpha value is -1.64. The van der Waals surface area contributed by atoms with Gasteiger partial charge < -0.3 is 15.2 Å². The maximum absolute atomic E-state index is 13.6. The van der Waals surface area contributed by atoms with Crippen molar-refractivity contribution in [2.75, 3.05) is 25.1 Å². The molecule has 2 N–H and O–H groups in total. The molecule has 0 saturated carbocycles. The second-order valence-corrected chi connectivity index (χ2v) is 4.50. The summed E-state index contributed by atoms with van der Waals surface area (Å²) < 4.78 is 18.8. The molecule has 1 aliphatic rings. The minimum absolute atomic E-state index is 0.277. The number of anilines is 1. The Kier molecular flexibility index (Phi) is 3.80. The van der Waals surface area contributed by atoms with Crippen LogP contribution in [0.25, 0.3) is 0 Å². The molecule has 0 spiro atoms. The Bertz CT molecular complexity index is 465. The van der Waals surface area contributed by atoms with Gasteiger partial charge in [0.25, 0.3) is 0 Å². The molecule has 5 heteroatoms. The molecule has 1 aromatic rings. The van der Waals surface area contributed by atoms with Crippen molar-refractivity contribution in [3.05, 3.63) is 29.6 Å². The smallest absolute Gasteiger partial charge is 0.147 e. The molecule has 1 heterocycles. The molecule has 0 amide bonds. The molecule has 0 atom stereocenters. The van der Waals surface area contributed by atoms with Gasteiger partial charge in [-0.05, 0) is 18.2 Å². The largest absolute Gasteiger partial charge is 0.388 e. The summed E-state index contributed by atoms with van der Waals surface area (Å²) in [6.07, 6.45) is 1.08. The average molecular weight is 250 g/mol. The second kappa shape index (κ2) is 5.34. The van der Waals surface area contributed by atoms with E-state index in [9.17, 15) is 9.50 Å². The Morgan fingerprint density at radius 1 is 1.44 bits per heavy atom. The predicted molar refractivity (Wildman–Crippen MR) is 64.6 cm³/mol. The summed E-state index contributed by atoms with van der Waals surface area (Å²) in [5.41, 5.74) is -0.268. The van der Waals surface area contributed by atoms with Gasteiger partial charge in [0, 0.05) is 32.6 Å². The van der Waals surface area contributed by atoms with Crippen LogP contribution in [0.2, 0.25) is 0 Å². The summed E-state index contributed by atoms with van der Waals surface area (Å²) in [7, 11) is 0. The molecule has 0 bridgehead atoms. The van der Waals surface area contributed by atoms with Gasteiger partial charge in [-0.25, -0.2) is 4.39 Å². The predicted octanol–water partition coefficient (Wildman–Crippen LogP) is 1.65. The zero-order valence-electron chi connectivity index (χ0n) is 9.95. The monoisotopic (exact) mass is 250 g/mol. The molecule has 96 valence electrons. The van der Waals surface area contributed by atoms with Gasteiger partial charge in [0.05, 0.1) is 22.9 Å². The van der Waals surface area contributed by atoms with E-state index in [1.54, 1.807) is 6.07 Å². The van der Waals surface area contributed by atoms with E-state index in [2.05, 4.69) is 5.32 Å². The molecular weight excluding hydrogens is 235 g/mol. The summed E-state index contributed by atoms with van der Waals surface area (Å²) in [5, 5.41) is 21.7. The van der Waals surface area contributed by atoms with Gasteiger partial charge in [0.15, 0.2) is 0 Å². The van der Waals surface area contributed by atoms with Crippen LogP contribution in [-0.2, 0) is 4.74 Å². The molecule has 1 fully saturated rings. The normalized spacial score (nSPS) is 18.1. The van der Waals surface area contributed by atoms with E-state index in [1.165, 1.54) is 12.1 Å². The van der Waals surface area contributed by atoms with Gasteiger partial charge >= 0.3 is 0 Å². The fourth-order valence-electron chi connectivity index (χ4n) is 1.92. The van der Waals surface area contributed by atoms with Crippen LogP contribution >= 0.6 is 0 Å². The number of hydrogen-bond acceptors (Lipinski definition) is 4. The van der Waals surface area contributed by atoms with E-state index in [-0.39, 0.29) is 12.1 Å². The van der Waals surface area contributed by atoms with Crippen molar-refractivity contribution in [1.29, 1.82) is 5.26 Å². The first-order valence-electron chi connectivity index (χ1n) is 5.87. The van der Waals surface area contributed by atoms with Gasteiger partial charge in [-0.1, -0.05) is 0 Å². The van der Waals surface area contributed by atoms with E-state index < -0.39 is 11.4 Å². The Morgan fingerprint density at radius 3 is 2.78 bits per heavy atom. The highest BCUT2D eigenvalue weighted by Crippen LogP contribution is 2.22. The topological polar surface area (TPSA) is 65.3 Å². The van der Waals surface area contributed by atoms with E-state index in [4.69, 9.17) is 10.00 Å². The quantitative estimate of drug-likeness (QED) is 0.856. The van der Waals surface area contributed by atoms with Crippen molar-refractivity contribution in [3.63, 3.8) is 0 Å². The molecule has 0 radical (unpaired) electrons. The minimum atomic E-state index is -0.849. The van der Waals surface area contributed by atoms with Crippen LogP contribution in [0.5, 0.6) is 0 Å². The number of rotatable bonds is 3. The molecule has 2 rings (SSSR count). The average Bonchev–Trinajstić information content (AvgIpc) is 2.38. The van der Waals surface area contributed by atoms with E-state index in [0.717, 1.165) is 0 Å². The van der Waals surface area contributed by atoms with Crippen molar-refractivity contribution < 1.29 is 14.2 Å². The number of ether oxygens (including phenoxy) is 1. The van der Waals surface area contributed by atoms with Crippen LogP contribution in [0.4, 0.5) is 10.1 Å². The maximum Gasteiger partial charge on any atom is 0.147 e. The summed E-state index contributed by atoms with van der Waals surface area (Å²) in [4.78, 5) is 0. The molecule has 0 unspecified atom stereocenters. The lowest BCUT2D eigenvalue weighted by atomic mass is 9.94. The third-order valence-electron chi connectivity index (χ3n) is 3.13. The third-order valence-corrected chi connectivity index (χ3v) is 3.13. The zero-order valence-corrected chi connectivity index (χ0v) is 9.95. The van der Waals surface area contributed by atoms with Crippen LogP contribution in [0.15, 0.2) is 18.2 Å². The molecule has 4 nitrogen and oxygen atoms in total. The highest BCUT2D eigenvalue weighted by atomic mass is 19.1. The lowest BCUT2D eigenvalue weighted by Gasteiger charge is -2.32. The van der Waals surface area contributed by atoms with E-state index in [0.29, 0.717) is 31.7 Å². The van der Waals surface area contributed by atoms with Gasteiger partial charge in [-0.15, -0.1) is 0 Å². The van der Waals surface area contributed by atoms with Gasteiger partial charge in [0.1, 0.15) is 5.82 Å². The third kappa shape index (κ3) is 2.97. The molecule has 1 saturated heterocycles. The standard InChI is InChI=1S/C13H15FN2O2/c14-11-7-10(8-15)1-2-12(11)16-9-13(17)3-5-18-6-4-13/h1-2,7,16-17H,3-6,9H2. The van der Waals surface area contributed by atoms with Gasteiger partial charge in [-0.3, -0.25) is 0 Å². The van der Waals surface area contributed by atoms with Crippen molar-refractivity contribution in [3.8, 4) is 6.07 Å². The first-order chi connectivity index (χ1) is 8.63. The van der Waals surface area contributed by atoms with Crippen molar-refractivity contribution in [1.82, 2.24) is 0 Å². The lowest BCUT2D eigenvalue weighted by molar-refractivity contribution is -0.0543. The zero-order chi connectivity index (χ0) is 13.0. The fraction of sp³-hybridized carbons (Fsp3) is 0.462. The van der Waals surface area contributed by atoms with Crippen LogP contribution in [0, 0.1) is 17.1 Å². The van der Waals surface area contributed by atoms with Crippen LogP contribution < -0.4 is 5.32 Å². The van der Waals surface area contributed by atoms with Gasteiger partial charge in [-0.2, -0.15) is 5.26 Å². The highest BCUT2D eigenvalue weighted by Gasteiger charge is 2.29. The molecule has 18 heavy (non-hydrogen) atoms. The molecular formula is C13H15FN2O2. The number of nitrogens with one attached hydrogen (secondary N) is 1.